The standard InChI is InChI=1S/C13H25NO4/c1-6-17-10(15)8-9-13(5,14)12(3,4)11(16)18-7-2/h6-9,14H2,1-5H3. The third-order valence-corrected chi connectivity index (χ3v) is 3.37. The van der Waals surface area contributed by atoms with E-state index in [9.17, 15) is 9.59 Å². The second-order valence-electron chi connectivity index (χ2n) is 5.07. The van der Waals surface area contributed by atoms with E-state index in [-0.39, 0.29) is 18.4 Å². The first kappa shape index (κ1) is 16.9. The Kier molecular flexibility index (Phi) is 6.32. The summed E-state index contributed by atoms with van der Waals surface area (Å²) in [7, 11) is 0. The fraction of sp³-hybridized carbons (Fsp3) is 0.846. The first-order valence-electron chi connectivity index (χ1n) is 6.30. The molecule has 2 N–H and O–H groups in total. The van der Waals surface area contributed by atoms with Crippen LogP contribution < -0.4 is 5.73 Å². The van der Waals surface area contributed by atoms with Gasteiger partial charge >= 0.3 is 11.9 Å². The van der Waals surface area contributed by atoms with Crippen molar-refractivity contribution in [1.82, 2.24) is 0 Å². The predicted octanol–water partition coefficient (Wildman–Crippen LogP) is 1.64. The predicted molar refractivity (Wildman–Crippen MR) is 68.9 cm³/mol. The molecule has 0 saturated heterocycles. The van der Waals surface area contributed by atoms with Crippen LogP contribution in [0.2, 0.25) is 0 Å². The van der Waals surface area contributed by atoms with Crippen LogP contribution in [0.5, 0.6) is 0 Å². The first-order valence-corrected chi connectivity index (χ1v) is 6.30. The topological polar surface area (TPSA) is 78.6 Å². The molecular weight excluding hydrogens is 234 g/mol. The highest BCUT2D eigenvalue weighted by molar-refractivity contribution is 5.78. The van der Waals surface area contributed by atoms with Gasteiger partial charge in [0.05, 0.1) is 18.6 Å². The van der Waals surface area contributed by atoms with Gasteiger partial charge in [-0.15, -0.1) is 0 Å². The number of rotatable bonds is 7. The summed E-state index contributed by atoms with van der Waals surface area (Å²) in [6, 6.07) is 0. The van der Waals surface area contributed by atoms with Gasteiger partial charge in [0.2, 0.25) is 0 Å². The quantitative estimate of drug-likeness (QED) is 0.703. The van der Waals surface area contributed by atoms with Crippen LogP contribution >= 0.6 is 0 Å². The van der Waals surface area contributed by atoms with Crippen LogP contribution in [0.1, 0.15) is 47.5 Å². The van der Waals surface area contributed by atoms with Gasteiger partial charge in [0.25, 0.3) is 0 Å². The third-order valence-electron chi connectivity index (χ3n) is 3.37. The molecule has 0 fully saturated rings. The van der Waals surface area contributed by atoms with Gasteiger partial charge in [0.15, 0.2) is 0 Å². The minimum Gasteiger partial charge on any atom is -0.466 e. The molecule has 0 spiro atoms. The molecule has 0 aliphatic rings. The van der Waals surface area contributed by atoms with E-state index in [2.05, 4.69) is 0 Å². The molecule has 106 valence electrons. The minimum atomic E-state index is -0.852. The summed E-state index contributed by atoms with van der Waals surface area (Å²) in [6.45, 7) is 9.38. The van der Waals surface area contributed by atoms with Crippen molar-refractivity contribution < 1.29 is 19.1 Å². The molecule has 0 aromatic carbocycles. The molecular formula is C13H25NO4. The van der Waals surface area contributed by atoms with Crippen LogP contribution in [0.4, 0.5) is 0 Å². The lowest BCUT2D eigenvalue weighted by Gasteiger charge is -2.39. The maximum Gasteiger partial charge on any atom is 0.313 e. The fourth-order valence-corrected chi connectivity index (χ4v) is 1.45. The van der Waals surface area contributed by atoms with Crippen LogP contribution in [0.15, 0.2) is 0 Å². The molecule has 0 bridgehead atoms. The molecule has 1 unspecified atom stereocenters. The van der Waals surface area contributed by atoms with Crippen LogP contribution in [0.3, 0.4) is 0 Å². The number of hydrogen-bond donors (Lipinski definition) is 1. The minimum absolute atomic E-state index is 0.198. The van der Waals surface area contributed by atoms with Gasteiger partial charge in [-0.2, -0.15) is 0 Å². The zero-order valence-corrected chi connectivity index (χ0v) is 12.0. The number of esters is 2. The second kappa shape index (κ2) is 6.73. The van der Waals surface area contributed by atoms with Crippen molar-refractivity contribution in [2.45, 2.75) is 53.0 Å². The molecule has 0 aliphatic heterocycles. The lowest BCUT2D eigenvalue weighted by atomic mass is 9.71. The molecule has 0 aromatic heterocycles. The Morgan fingerprint density at radius 1 is 1.06 bits per heavy atom. The van der Waals surface area contributed by atoms with E-state index in [1.807, 2.05) is 0 Å². The molecule has 0 amide bonds. The van der Waals surface area contributed by atoms with Crippen LogP contribution in [0.25, 0.3) is 0 Å². The van der Waals surface area contributed by atoms with Crippen molar-refractivity contribution >= 4 is 11.9 Å². The summed E-state index contributed by atoms with van der Waals surface area (Å²) in [4.78, 5) is 23.2. The van der Waals surface area contributed by atoms with Gasteiger partial charge in [0.1, 0.15) is 0 Å². The summed E-state index contributed by atoms with van der Waals surface area (Å²) in [5.74, 6) is -0.646. The van der Waals surface area contributed by atoms with Crippen LogP contribution in [-0.4, -0.2) is 30.7 Å². The molecule has 18 heavy (non-hydrogen) atoms. The summed E-state index contributed by atoms with van der Waals surface area (Å²) < 4.78 is 9.86. The van der Waals surface area contributed by atoms with Gasteiger partial charge in [-0.1, -0.05) is 0 Å². The molecule has 0 heterocycles. The van der Waals surface area contributed by atoms with Gasteiger partial charge in [-0.3, -0.25) is 9.59 Å². The first-order chi connectivity index (χ1) is 8.19. The molecule has 0 rings (SSSR count). The highest BCUT2D eigenvalue weighted by Gasteiger charge is 2.45. The summed E-state index contributed by atoms with van der Waals surface area (Å²) in [5.41, 5.74) is 4.48. The molecule has 5 heteroatoms. The maximum atomic E-state index is 11.9. The Morgan fingerprint density at radius 3 is 2.00 bits per heavy atom. The average molecular weight is 259 g/mol. The Labute approximate surface area is 109 Å². The molecule has 0 aliphatic carbocycles. The zero-order valence-electron chi connectivity index (χ0n) is 12.0. The molecule has 0 aromatic rings. The highest BCUT2D eigenvalue weighted by atomic mass is 16.5. The van der Waals surface area contributed by atoms with Gasteiger partial charge < -0.3 is 15.2 Å². The number of carbonyl (C=O) groups excluding carboxylic acids is 2. The largest absolute Gasteiger partial charge is 0.466 e. The zero-order chi connectivity index (χ0) is 14.4. The number of carbonyl (C=O) groups is 2. The molecule has 1 atom stereocenters. The smallest absolute Gasteiger partial charge is 0.313 e. The third kappa shape index (κ3) is 4.29. The van der Waals surface area contributed by atoms with Crippen molar-refractivity contribution in [3.63, 3.8) is 0 Å². The Hall–Kier alpha value is -1.10. The second-order valence-corrected chi connectivity index (χ2v) is 5.07. The summed E-state index contributed by atoms with van der Waals surface area (Å²) >= 11 is 0. The van der Waals surface area contributed by atoms with Crippen molar-refractivity contribution in [3.8, 4) is 0 Å². The Morgan fingerprint density at radius 2 is 1.56 bits per heavy atom. The fourth-order valence-electron chi connectivity index (χ4n) is 1.45. The van der Waals surface area contributed by atoms with Gasteiger partial charge in [-0.05, 0) is 41.0 Å². The lowest BCUT2D eigenvalue weighted by Crippen LogP contribution is -2.55. The van der Waals surface area contributed by atoms with E-state index in [1.54, 1.807) is 34.6 Å². The van der Waals surface area contributed by atoms with Crippen molar-refractivity contribution in [3.05, 3.63) is 0 Å². The van der Waals surface area contributed by atoms with Crippen molar-refractivity contribution in [1.29, 1.82) is 0 Å². The number of hydrogen-bond acceptors (Lipinski definition) is 5. The number of nitrogens with two attached hydrogens (primary N) is 1. The van der Waals surface area contributed by atoms with Crippen molar-refractivity contribution in [2.24, 2.45) is 11.1 Å². The van der Waals surface area contributed by atoms with Gasteiger partial charge in [0, 0.05) is 12.0 Å². The highest BCUT2D eigenvalue weighted by Crippen LogP contribution is 2.33. The normalized spacial score (nSPS) is 14.8. The Bertz CT molecular complexity index is 297. The van der Waals surface area contributed by atoms with Crippen LogP contribution in [-0.2, 0) is 19.1 Å². The monoisotopic (exact) mass is 259 g/mol. The average Bonchev–Trinajstić information content (AvgIpc) is 2.27. The van der Waals surface area contributed by atoms with Gasteiger partial charge in [-0.25, -0.2) is 0 Å². The summed E-state index contributed by atoms with van der Waals surface area (Å²) in [6.07, 6.45) is 0.571. The van der Waals surface area contributed by atoms with E-state index >= 15 is 0 Å². The molecule has 0 radical (unpaired) electrons. The maximum absolute atomic E-state index is 11.9. The van der Waals surface area contributed by atoms with E-state index < -0.39 is 11.0 Å². The van der Waals surface area contributed by atoms with E-state index in [1.165, 1.54) is 0 Å². The lowest BCUT2D eigenvalue weighted by molar-refractivity contribution is -0.158. The Balaban J connectivity index is 4.59. The summed E-state index contributed by atoms with van der Waals surface area (Å²) in [5, 5.41) is 0. The van der Waals surface area contributed by atoms with Crippen molar-refractivity contribution in [2.75, 3.05) is 13.2 Å². The van der Waals surface area contributed by atoms with Crippen LogP contribution in [0, 0.1) is 5.41 Å². The molecule has 5 nitrogen and oxygen atoms in total. The molecule has 0 saturated carbocycles. The van der Waals surface area contributed by atoms with E-state index in [4.69, 9.17) is 15.2 Å². The number of ether oxygens (including phenoxy) is 2. The van der Waals surface area contributed by atoms with E-state index in [0.717, 1.165) is 0 Å². The SMILES string of the molecule is CCOC(=O)CCC(C)(N)C(C)(C)C(=O)OCC. The van der Waals surface area contributed by atoms with E-state index in [0.29, 0.717) is 19.6 Å².